The average molecular weight is 365 g/mol. The molecule has 108 valence electrons. The number of benzene rings is 1. The smallest absolute Gasteiger partial charge is 0.376 e. The van der Waals surface area contributed by atoms with Crippen LogP contribution in [0.4, 0.5) is 18.9 Å². The Kier molecular flexibility index (Phi) is 4.39. The van der Waals surface area contributed by atoms with E-state index >= 15 is 0 Å². The summed E-state index contributed by atoms with van der Waals surface area (Å²) in [5.41, 5.74) is -0.631. The van der Waals surface area contributed by atoms with Crippen LogP contribution in [0, 0.1) is 6.92 Å². The molecule has 2 aromatic rings. The lowest BCUT2D eigenvalue weighted by Crippen LogP contribution is -2.13. The molecule has 1 aromatic heterocycles. The normalized spacial score (nSPS) is 13.3. The van der Waals surface area contributed by atoms with Crippen LogP contribution in [0.15, 0.2) is 28.9 Å². The second-order valence-corrected chi connectivity index (χ2v) is 6.54. The Labute approximate surface area is 127 Å². The Bertz CT molecular complexity index is 610. The number of rotatable bonds is 3. The topological polar surface area (TPSA) is 24.9 Å². The van der Waals surface area contributed by atoms with Crippen molar-refractivity contribution in [3.8, 4) is 0 Å². The summed E-state index contributed by atoms with van der Waals surface area (Å²) in [6.45, 7) is 3.70. The first-order chi connectivity index (χ1) is 9.27. The maximum Gasteiger partial charge on any atom is 0.418 e. The van der Waals surface area contributed by atoms with Gasteiger partial charge in [-0.15, -0.1) is 11.3 Å². The monoisotopic (exact) mass is 364 g/mol. The zero-order valence-corrected chi connectivity index (χ0v) is 13.2. The lowest BCUT2D eigenvalue weighted by Gasteiger charge is -2.18. The van der Waals surface area contributed by atoms with E-state index in [1.165, 1.54) is 17.4 Å². The van der Waals surface area contributed by atoms with E-state index in [1.807, 2.05) is 6.92 Å². The SMILES string of the molecule is Cc1cnc(C(C)Nc2ccc(Br)cc2C(F)(F)F)s1. The second kappa shape index (κ2) is 5.73. The van der Waals surface area contributed by atoms with Gasteiger partial charge in [0.05, 0.1) is 11.6 Å². The molecule has 1 unspecified atom stereocenters. The number of anilines is 1. The van der Waals surface area contributed by atoms with Crippen molar-refractivity contribution in [2.45, 2.75) is 26.1 Å². The molecule has 2 nitrogen and oxygen atoms in total. The van der Waals surface area contributed by atoms with Gasteiger partial charge in [0.2, 0.25) is 0 Å². The highest BCUT2D eigenvalue weighted by Gasteiger charge is 2.34. The number of hydrogen-bond acceptors (Lipinski definition) is 3. The maximum atomic E-state index is 13.0. The van der Waals surface area contributed by atoms with Crippen LogP contribution in [0.25, 0.3) is 0 Å². The van der Waals surface area contributed by atoms with Gasteiger partial charge in [0.1, 0.15) is 5.01 Å². The van der Waals surface area contributed by atoms with Crippen LogP contribution in [0.1, 0.15) is 28.4 Å². The standard InChI is InChI=1S/C13H12BrF3N2S/c1-7-6-18-12(20-7)8(2)19-11-4-3-9(14)5-10(11)13(15,16)17/h3-6,8,19H,1-2H3. The van der Waals surface area contributed by atoms with E-state index in [-0.39, 0.29) is 11.7 Å². The van der Waals surface area contributed by atoms with Gasteiger partial charge in [0, 0.05) is 21.2 Å². The second-order valence-electron chi connectivity index (χ2n) is 4.36. The van der Waals surface area contributed by atoms with E-state index in [9.17, 15) is 13.2 Å². The number of alkyl halides is 3. The highest BCUT2D eigenvalue weighted by atomic mass is 79.9. The van der Waals surface area contributed by atoms with Crippen molar-refractivity contribution in [3.05, 3.63) is 44.3 Å². The fraction of sp³-hybridized carbons (Fsp3) is 0.308. The van der Waals surface area contributed by atoms with E-state index in [2.05, 4.69) is 26.2 Å². The molecule has 0 radical (unpaired) electrons. The molecule has 0 fully saturated rings. The molecule has 7 heteroatoms. The molecule has 0 saturated carbocycles. The van der Waals surface area contributed by atoms with Gasteiger partial charge < -0.3 is 5.32 Å². The van der Waals surface area contributed by atoms with E-state index in [1.54, 1.807) is 19.2 Å². The predicted molar refractivity (Wildman–Crippen MR) is 78.0 cm³/mol. The van der Waals surface area contributed by atoms with Crippen molar-refractivity contribution in [3.63, 3.8) is 0 Å². The largest absolute Gasteiger partial charge is 0.418 e. The molecule has 0 aliphatic rings. The molecular formula is C13H12BrF3N2S. The van der Waals surface area contributed by atoms with Gasteiger partial charge in [-0.25, -0.2) is 4.98 Å². The van der Waals surface area contributed by atoms with Crippen LogP contribution in [-0.2, 0) is 6.18 Å². The highest BCUT2D eigenvalue weighted by Crippen LogP contribution is 2.38. The Morgan fingerprint density at radius 1 is 1.35 bits per heavy atom. The minimum atomic E-state index is -4.40. The van der Waals surface area contributed by atoms with Gasteiger partial charge in [0.15, 0.2) is 0 Å². The van der Waals surface area contributed by atoms with Gasteiger partial charge in [0.25, 0.3) is 0 Å². The van der Waals surface area contributed by atoms with Crippen LogP contribution >= 0.6 is 27.3 Å². The molecule has 0 amide bonds. The summed E-state index contributed by atoms with van der Waals surface area (Å²) in [6.07, 6.45) is -2.69. The quantitative estimate of drug-likeness (QED) is 0.787. The minimum absolute atomic E-state index is 0.0565. The molecule has 2 rings (SSSR count). The Morgan fingerprint density at radius 2 is 2.05 bits per heavy atom. The number of nitrogens with one attached hydrogen (secondary N) is 1. The third-order valence-electron chi connectivity index (χ3n) is 2.67. The highest BCUT2D eigenvalue weighted by molar-refractivity contribution is 9.10. The van der Waals surface area contributed by atoms with E-state index in [4.69, 9.17) is 0 Å². The summed E-state index contributed by atoms with van der Waals surface area (Å²) < 4.78 is 39.4. The first-order valence-electron chi connectivity index (χ1n) is 5.83. The molecular weight excluding hydrogens is 353 g/mol. The summed E-state index contributed by atoms with van der Waals surface area (Å²) in [6, 6.07) is 3.79. The van der Waals surface area contributed by atoms with Gasteiger partial charge >= 0.3 is 6.18 Å². The molecule has 0 aliphatic heterocycles. The first-order valence-corrected chi connectivity index (χ1v) is 7.44. The van der Waals surface area contributed by atoms with Crippen LogP contribution in [-0.4, -0.2) is 4.98 Å². The Hall–Kier alpha value is -1.08. The van der Waals surface area contributed by atoms with Crippen LogP contribution in [0.2, 0.25) is 0 Å². The van der Waals surface area contributed by atoms with Gasteiger partial charge in [-0.3, -0.25) is 0 Å². The molecule has 0 saturated heterocycles. The number of halogens is 4. The number of thiazole rings is 1. The molecule has 20 heavy (non-hydrogen) atoms. The summed E-state index contributed by atoms with van der Waals surface area (Å²) >= 11 is 4.53. The van der Waals surface area contributed by atoms with Crippen LogP contribution in [0.5, 0.6) is 0 Å². The number of aryl methyl sites for hydroxylation is 1. The van der Waals surface area contributed by atoms with Crippen molar-refractivity contribution in [1.29, 1.82) is 0 Å². The lowest BCUT2D eigenvalue weighted by molar-refractivity contribution is -0.137. The van der Waals surface area contributed by atoms with Gasteiger partial charge in [-0.05, 0) is 32.0 Å². The van der Waals surface area contributed by atoms with Crippen molar-refractivity contribution in [2.75, 3.05) is 5.32 Å². The Balaban J connectivity index is 2.29. The molecule has 0 aliphatic carbocycles. The predicted octanol–water partition coefficient (Wildman–Crippen LogP) is 5.41. The van der Waals surface area contributed by atoms with Crippen molar-refractivity contribution < 1.29 is 13.2 Å². The third-order valence-corrected chi connectivity index (χ3v) is 4.26. The summed E-state index contributed by atoms with van der Waals surface area (Å²) in [5.74, 6) is 0. The fourth-order valence-corrected chi connectivity index (χ4v) is 2.88. The lowest BCUT2D eigenvalue weighted by atomic mass is 10.1. The molecule has 0 bridgehead atoms. The van der Waals surface area contributed by atoms with Crippen LogP contribution < -0.4 is 5.32 Å². The van der Waals surface area contributed by atoms with Crippen molar-refractivity contribution in [1.82, 2.24) is 4.98 Å². The minimum Gasteiger partial charge on any atom is -0.376 e. The van der Waals surface area contributed by atoms with Crippen molar-refractivity contribution in [2.24, 2.45) is 0 Å². The summed E-state index contributed by atoms with van der Waals surface area (Å²) in [5, 5.41) is 3.64. The van der Waals surface area contributed by atoms with Gasteiger partial charge in [-0.2, -0.15) is 13.2 Å². The van der Waals surface area contributed by atoms with Gasteiger partial charge in [-0.1, -0.05) is 15.9 Å². The zero-order chi connectivity index (χ0) is 14.9. The molecule has 1 atom stereocenters. The number of hydrogen-bond donors (Lipinski definition) is 1. The number of aromatic nitrogens is 1. The summed E-state index contributed by atoms with van der Waals surface area (Å²) in [4.78, 5) is 5.22. The van der Waals surface area contributed by atoms with Crippen LogP contribution in [0.3, 0.4) is 0 Å². The van der Waals surface area contributed by atoms with E-state index in [0.717, 1.165) is 16.0 Å². The molecule has 1 heterocycles. The maximum absolute atomic E-state index is 13.0. The molecule has 1 N–H and O–H groups in total. The molecule has 0 spiro atoms. The number of nitrogens with zero attached hydrogens (tertiary/aromatic N) is 1. The molecule has 1 aromatic carbocycles. The summed E-state index contributed by atoms with van der Waals surface area (Å²) in [7, 11) is 0. The third kappa shape index (κ3) is 3.52. The average Bonchev–Trinajstić information content (AvgIpc) is 2.77. The fourth-order valence-electron chi connectivity index (χ4n) is 1.74. The van der Waals surface area contributed by atoms with E-state index in [0.29, 0.717) is 4.47 Å². The zero-order valence-electron chi connectivity index (χ0n) is 10.8. The Morgan fingerprint density at radius 3 is 2.60 bits per heavy atom. The van der Waals surface area contributed by atoms with Crippen molar-refractivity contribution >= 4 is 33.0 Å². The van der Waals surface area contributed by atoms with E-state index < -0.39 is 11.7 Å². The first kappa shape index (κ1) is 15.3.